The van der Waals surface area contributed by atoms with E-state index in [0.29, 0.717) is 6.54 Å². The highest BCUT2D eigenvalue weighted by Gasteiger charge is 2.27. The predicted molar refractivity (Wildman–Crippen MR) is 76.4 cm³/mol. The number of rotatable bonds is 4. The van der Waals surface area contributed by atoms with Gasteiger partial charge in [0.2, 0.25) is 0 Å². The molecule has 1 amide bonds. The zero-order chi connectivity index (χ0) is 13.7. The summed E-state index contributed by atoms with van der Waals surface area (Å²) in [6.07, 6.45) is 4.77. The molecule has 0 unspecified atom stereocenters. The number of hydrogen-bond acceptors (Lipinski definition) is 3. The molecule has 0 saturated heterocycles. The molecule has 0 spiro atoms. The number of aliphatic hydroxyl groups is 1. The van der Waals surface area contributed by atoms with Crippen LogP contribution in [0.5, 0.6) is 0 Å². The van der Waals surface area contributed by atoms with Crippen LogP contribution in [0.3, 0.4) is 0 Å². The summed E-state index contributed by atoms with van der Waals surface area (Å²) in [5, 5.41) is 11.2. The van der Waals surface area contributed by atoms with Crippen molar-refractivity contribution in [1.29, 1.82) is 0 Å². The summed E-state index contributed by atoms with van der Waals surface area (Å²) in [5.41, 5.74) is 0. The van der Waals surface area contributed by atoms with Gasteiger partial charge >= 0.3 is 0 Å². The summed E-state index contributed by atoms with van der Waals surface area (Å²) in [7, 11) is 0. The van der Waals surface area contributed by atoms with E-state index >= 15 is 0 Å². The van der Waals surface area contributed by atoms with Crippen LogP contribution in [0.15, 0.2) is 29.7 Å². The molecule has 0 aliphatic heterocycles. The Morgan fingerprint density at radius 2 is 2.42 bits per heavy atom. The van der Waals surface area contributed by atoms with Crippen molar-refractivity contribution in [2.75, 3.05) is 6.61 Å². The van der Waals surface area contributed by atoms with Gasteiger partial charge in [0.15, 0.2) is 0 Å². The quantitative estimate of drug-likeness (QED) is 0.675. The van der Waals surface area contributed by atoms with E-state index in [1.165, 1.54) is 0 Å². The summed E-state index contributed by atoms with van der Waals surface area (Å²) in [6.45, 7) is 2.38. The highest BCUT2D eigenvalue weighted by atomic mass is 32.1. The van der Waals surface area contributed by atoms with E-state index in [1.54, 1.807) is 23.2 Å². The fourth-order valence-electron chi connectivity index (χ4n) is 2.21. The lowest BCUT2D eigenvalue weighted by molar-refractivity contribution is -0.127. The van der Waals surface area contributed by atoms with Crippen molar-refractivity contribution in [2.24, 2.45) is 5.92 Å². The lowest BCUT2D eigenvalue weighted by Crippen LogP contribution is -2.37. The maximum atomic E-state index is 12.1. The smallest absolute Gasteiger partial charge is 0.299 e. The van der Waals surface area contributed by atoms with Gasteiger partial charge in [0.05, 0.1) is 12.6 Å². The Labute approximate surface area is 117 Å². The van der Waals surface area contributed by atoms with Crippen LogP contribution < -0.4 is 0 Å². The van der Waals surface area contributed by atoms with Crippen LogP contribution in [0.1, 0.15) is 18.2 Å². The molecule has 1 aromatic heterocycles. The molecular formula is C15H17NO2S. The summed E-state index contributed by atoms with van der Waals surface area (Å²) in [5.74, 6) is 5.28. The zero-order valence-corrected chi connectivity index (χ0v) is 11.7. The summed E-state index contributed by atoms with van der Waals surface area (Å²) in [4.78, 5) is 15.0. The summed E-state index contributed by atoms with van der Waals surface area (Å²) < 4.78 is 0. The van der Waals surface area contributed by atoms with E-state index in [4.69, 9.17) is 0 Å². The molecular weight excluding hydrogens is 258 g/mol. The third-order valence-electron chi connectivity index (χ3n) is 3.18. The van der Waals surface area contributed by atoms with Gasteiger partial charge in [0.1, 0.15) is 0 Å². The molecule has 100 valence electrons. The average Bonchev–Trinajstić information content (AvgIpc) is 3.07. The average molecular weight is 275 g/mol. The summed E-state index contributed by atoms with van der Waals surface area (Å²) >= 11 is 1.64. The molecule has 1 aliphatic rings. The highest BCUT2D eigenvalue weighted by molar-refractivity contribution is 7.09. The molecule has 0 fully saturated rings. The number of hydrogen-bond donors (Lipinski definition) is 1. The van der Waals surface area contributed by atoms with Gasteiger partial charge in [-0.15, -0.1) is 11.3 Å². The van der Waals surface area contributed by atoms with Gasteiger partial charge in [-0.2, -0.15) is 0 Å². The van der Waals surface area contributed by atoms with E-state index in [0.717, 1.165) is 11.3 Å². The van der Waals surface area contributed by atoms with Gasteiger partial charge in [-0.3, -0.25) is 4.79 Å². The number of aliphatic hydroxyl groups excluding tert-OH is 1. The number of carbonyl (C=O) groups excluding carboxylic acids is 1. The van der Waals surface area contributed by atoms with Gasteiger partial charge < -0.3 is 10.0 Å². The van der Waals surface area contributed by atoms with E-state index in [2.05, 4.69) is 11.8 Å². The van der Waals surface area contributed by atoms with Crippen molar-refractivity contribution < 1.29 is 9.90 Å². The van der Waals surface area contributed by atoms with Crippen LogP contribution in [-0.2, 0) is 11.3 Å². The minimum absolute atomic E-state index is 0.0348. The monoisotopic (exact) mass is 275 g/mol. The van der Waals surface area contributed by atoms with Crippen LogP contribution in [0.25, 0.3) is 0 Å². The Balaban J connectivity index is 2.12. The van der Waals surface area contributed by atoms with Gasteiger partial charge in [-0.05, 0) is 30.7 Å². The number of thiophene rings is 1. The molecule has 1 heterocycles. The predicted octanol–water partition coefficient (Wildman–Crippen LogP) is 2.04. The van der Waals surface area contributed by atoms with E-state index in [-0.39, 0.29) is 24.5 Å². The zero-order valence-electron chi connectivity index (χ0n) is 10.9. The van der Waals surface area contributed by atoms with Crippen molar-refractivity contribution in [2.45, 2.75) is 25.9 Å². The van der Waals surface area contributed by atoms with Gasteiger partial charge in [-0.1, -0.05) is 24.1 Å². The second kappa shape index (κ2) is 6.55. The molecule has 1 N–H and O–H groups in total. The Morgan fingerprint density at radius 1 is 1.58 bits per heavy atom. The Hall–Kier alpha value is -1.57. The van der Waals surface area contributed by atoms with Crippen molar-refractivity contribution in [3.8, 4) is 11.8 Å². The number of carbonyl (C=O) groups is 1. The maximum Gasteiger partial charge on any atom is 0.299 e. The second-order valence-corrected chi connectivity index (χ2v) is 5.55. The van der Waals surface area contributed by atoms with Gasteiger partial charge in [0.25, 0.3) is 5.91 Å². The molecule has 3 nitrogen and oxygen atoms in total. The van der Waals surface area contributed by atoms with E-state index < -0.39 is 0 Å². The van der Waals surface area contributed by atoms with E-state index in [1.807, 2.05) is 29.7 Å². The van der Waals surface area contributed by atoms with Crippen LogP contribution in [-0.4, -0.2) is 28.6 Å². The molecule has 19 heavy (non-hydrogen) atoms. The number of nitrogens with zero attached hydrogens (tertiary/aromatic N) is 1. The first kappa shape index (κ1) is 13.9. The minimum atomic E-state index is -0.149. The van der Waals surface area contributed by atoms with Crippen LogP contribution in [0, 0.1) is 17.8 Å². The topological polar surface area (TPSA) is 40.5 Å². The molecule has 4 heteroatoms. The minimum Gasteiger partial charge on any atom is -0.396 e. The fraction of sp³-hybridized carbons (Fsp3) is 0.400. The Bertz CT molecular complexity index is 510. The largest absolute Gasteiger partial charge is 0.396 e. The maximum absolute atomic E-state index is 12.1. The lowest BCUT2D eigenvalue weighted by atomic mass is 10.1. The van der Waals surface area contributed by atoms with Crippen LogP contribution in [0.4, 0.5) is 0 Å². The Kier molecular flexibility index (Phi) is 4.78. The molecule has 1 aromatic rings. The first-order valence-electron chi connectivity index (χ1n) is 6.29. The van der Waals surface area contributed by atoms with Crippen LogP contribution in [0.2, 0.25) is 0 Å². The molecule has 0 aromatic carbocycles. The third-order valence-corrected chi connectivity index (χ3v) is 4.04. The fourth-order valence-corrected chi connectivity index (χ4v) is 2.91. The van der Waals surface area contributed by atoms with Gasteiger partial charge in [-0.25, -0.2) is 0 Å². The molecule has 0 radical (unpaired) electrons. The molecule has 2 rings (SSSR count). The van der Waals surface area contributed by atoms with Crippen LogP contribution >= 0.6 is 11.3 Å². The summed E-state index contributed by atoms with van der Waals surface area (Å²) in [6, 6.07) is 4.04. The van der Waals surface area contributed by atoms with Crippen molar-refractivity contribution in [3.05, 3.63) is 34.5 Å². The lowest BCUT2D eigenvalue weighted by Gasteiger charge is -2.26. The van der Waals surface area contributed by atoms with E-state index in [9.17, 15) is 9.90 Å². The van der Waals surface area contributed by atoms with Crippen molar-refractivity contribution >= 4 is 17.2 Å². The van der Waals surface area contributed by atoms with Crippen molar-refractivity contribution in [3.63, 3.8) is 0 Å². The molecule has 0 saturated carbocycles. The molecule has 2 atom stereocenters. The SMILES string of the molecule is CC#CC(=O)N(Cc1cccs1)[C@@H]1C=C[C@H](CO)C1. The van der Waals surface area contributed by atoms with Crippen molar-refractivity contribution in [1.82, 2.24) is 4.90 Å². The first-order chi connectivity index (χ1) is 9.24. The molecule has 1 aliphatic carbocycles. The first-order valence-corrected chi connectivity index (χ1v) is 7.17. The number of amides is 1. The second-order valence-electron chi connectivity index (χ2n) is 4.52. The molecule has 0 bridgehead atoms. The van der Waals surface area contributed by atoms with Gasteiger partial charge in [0, 0.05) is 17.4 Å². The highest BCUT2D eigenvalue weighted by Crippen LogP contribution is 2.24. The third kappa shape index (κ3) is 3.46. The standard InChI is InChI=1S/C15H17NO2S/c1-2-4-15(18)16(10-14-5-3-8-19-14)13-7-6-12(9-13)11-17/h3,5-8,12-13,17H,9-11H2,1H3/t12-,13+/m0/s1. The Morgan fingerprint density at radius 3 is 3.00 bits per heavy atom. The normalized spacial score (nSPS) is 20.9.